The molecule has 1 aromatic carbocycles. The van der Waals surface area contributed by atoms with Crippen molar-refractivity contribution in [1.29, 1.82) is 0 Å². The van der Waals surface area contributed by atoms with Crippen LogP contribution in [0, 0.1) is 0 Å². The van der Waals surface area contributed by atoms with Crippen molar-refractivity contribution in [2.24, 2.45) is 0 Å². The molecule has 1 aliphatic heterocycles. The second-order valence-electron chi connectivity index (χ2n) is 5.90. The molecule has 0 fully saturated rings. The number of nitrogens with one attached hydrogen (secondary N) is 2. The largest absolute Gasteiger partial charge is 0.356 e. The standard InChI is InChI=1S/C19H18N4O/c1-2-12-3-5-13(6-4-12)18-20-9-8-16(23-18)17-11-14-15(22-17)7-10-21-19(14)24/h3-6,8-9,11,22H,2,7,10H2,1H3,(H,21,24). The van der Waals surface area contributed by atoms with Crippen molar-refractivity contribution >= 4 is 5.91 Å². The SMILES string of the molecule is CCc1ccc(-c2nccc(-c3cc4c([nH]3)CCNC4=O)n2)cc1. The molecule has 1 aliphatic rings. The Morgan fingerprint density at radius 3 is 2.75 bits per heavy atom. The first-order chi connectivity index (χ1) is 11.7. The average Bonchev–Trinajstić information content (AvgIpc) is 3.08. The molecule has 120 valence electrons. The van der Waals surface area contributed by atoms with Crippen LogP contribution in [0.1, 0.15) is 28.5 Å². The molecule has 3 heterocycles. The maximum absolute atomic E-state index is 11.9. The van der Waals surface area contributed by atoms with Crippen molar-refractivity contribution in [2.45, 2.75) is 19.8 Å². The number of hydrogen-bond acceptors (Lipinski definition) is 3. The third-order valence-electron chi connectivity index (χ3n) is 4.36. The average molecular weight is 318 g/mol. The normalized spacial score (nSPS) is 13.5. The minimum absolute atomic E-state index is 0.0248. The van der Waals surface area contributed by atoms with E-state index in [1.165, 1.54) is 5.56 Å². The number of aromatic amines is 1. The molecule has 3 aromatic rings. The first kappa shape index (κ1) is 14.6. The number of H-pyrrole nitrogens is 1. The lowest BCUT2D eigenvalue weighted by Gasteiger charge is -2.10. The number of benzene rings is 1. The van der Waals surface area contributed by atoms with Gasteiger partial charge in [0.1, 0.15) is 0 Å². The smallest absolute Gasteiger partial charge is 0.253 e. The Balaban J connectivity index is 1.71. The van der Waals surface area contributed by atoms with Gasteiger partial charge in [-0.05, 0) is 24.1 Å². The van der Waals surface area contributed by atoms with Crippen LogP contribution in [-0.4, -0.2) is 27.4 Å². The van der Waals surface area contributed by atoms with Gasteiger partial charge in [0.2, 0.25) is 0 Å². The summed E-state index contributed by atoms with van der Waals surface area (Å²) in [6.45, 7) is 2.81. The molecular formula is C19H18N4O. The molecule has 5 nitrogen and oxygen atoms in total. The summed E-state index contributed by atoms with van der Waals surface area (Å²) in [5.74, 6) is 0.662. The highest BCUT2D eigenvalue weighted by Gasteiger charge is 2.20. The molecule has 2 aromatic heterocycles. The second kappa shape index (κ2) is 5.92. The van der Waals surface area contributed by atoms with Gasteiger partial charge in [0.25, 0.3) is 5.91 Å². The van der Waals surface area contributed by atoms with E-state index in [2.05, 4.69) is 39.3 Å². The third-order valence-corrected chi connectivity index (χ3v) is 4.36. The maximum Gasteiger partial charge on any atom is 0.253 e. The van der Waals surface area contributed by atoms with Gasteiger partial charge in [-0.25, -0.2) is 9.97 Å². The van der Waals surface area contributed by atoms with Crippen LogP contribution in [0.25, 0.3) is 22.8 Å². The Hall–Kier alpha value is -2.95. The number of rotatable bonds is 3. The molecule has 1 amide bonds. The van der Waals surface area contributed by atoms with Crippen LogP contribution in [0.15, 0.2) is 42.6 Å². The van der Waals surface area contributed by atoms with Crippen LogP contribution >= 0.6 is 0 Å². The fourth-order valence-corrected chi connectivity index (χ4v) is 2.97. The number of aromatic nitrogens is 3. The van der Waals surface area contributed by atoms with Crippen molar-refractivity contribution in [3.05, 3.63) is 59.4 Å². The molecule has 0 saturated carbocycles. The Bertz CT molecular complexity index is 896. The first-order valence-corrected chi connectivity index (χ1v) is 8.17. The number of nitrogens with zero attached hydrogens (tertiary/aromatic N) is 2. The van der Waals surface area contributed by atoms with Crippen LogP contribution in [0.5, 0.6) is 0 Å². The summed E-state index contributed by atoms with van der Waals surface area (Å²) in [6, 6.07) is 12.0. The third kappa shape index (κ3) is 2.58. The molecule has 0 unspecified atom stereocenters. The number of hydrogen-bond donors (Lipinski definition) is 2. The van der Waals surface area contributed by atoms with Crippen molar-refractivity contribution in [3.8, 4) is 22.8 Å². The summed E-state index contributed by atoms with van der Waals surface area (Å²) in [6.07, 6.45) is 3.58. The van der Waals surface area contributed by atoms with E-state index >= 15 is 0 Å². The zero-order chi connectivity index (χ0) is 16.5. The zero-order valence-electron chi connectivity index (χ0n) is 13.5. The summed E-state index contributed by atoms with van der Waals surface area (Å²) >= 11 is 0. The first-order valence-electron chi connectivity index (χ1n) is 8.17. The minimum atomic E-state index is -0.0248. The lowest BCUT2D eigenvalue weighted by atomic mass is 10.1. The van der Waals surface area contributed by atoms with E-state index in [9.17, 15) is 4.79 Å². The van der Waals surface area contributed by atoms with Crippen molar-refractivity contribution in [3.63, 3.8) is 0 Å². The van der Waals surface area contributed by atoms with Gasteiger partial charge in [-0.1, -0.05) is 31.2 Å². The molecule has 0 spiro atoms. The highest BCUT2D eigenvalue weighted by molar-refractivity contribution is 5.97. The van der Waals surface area contributed by atoms with Crippen LogP contribution in [0.3, 0.4) is 0 Å². The van der Waals surface area contributed by atoms with E-state index in [1.807, 2.05) is 24.3 Å². The van der Waals surface area contributed by atoms with Gasteiger partial charge in [0.05, 0.1) is 17.0 Å². The summed E-state index contributed by atoms with van der Waals surface area (Å²) in [5, 5.41) is 2.86. The molecule has 0 bridgehead atoms. The number of aryl methyl sites for hydroxylation is 1. The van der Waals surface area contributed by atoms with Crippen LogP contribution in [0.4, 0.5) is 0 Å². The Labute approximate surface area is 140 Å². The quantitative estimate of drug-likeness (QED) is 0.780. The highest BCUT2D eigenvalue weighted by atomic mass is 16.1. The van der Waals surface area contributed by atoms with Crippen LogP contribution < -0.4 is 5.32 Å². The lowest BCUT2D eigenvalue weighted by molar-refractivity contribution is 0.0946. The molecule has 5 heteroatoms. The molecule has 0 atom stereocenters. The van der Waals surface area contributed by atoms with E-state index in [1.54, 1.807) is 6.20 Å². The molecular weight excluding hydrogens is 300 g/mol. The fourth-order valence-electron chi connectivity index (χ4n) is 2.97. The summed E-state index contributed by atoms with van der Waals surface area (Å²) in [4.78, 5) is 24.3. The van der Waals surface area contributed by atoms with E-state index < -0.39 is 0 Å². The van der Waals surface area contributed by atoms with Crippen LogP contribution in [-0.2, 0) is 12.8 Å². The number of carbonyl (C=O) groups excluding carboxylic acids is 1. The Morgan fingerprint density at radius 2 is 2.00 bits per heavy atom. The predicted molar refractivity (Wildman–Crippen MR) is 92.7 cm³/mol. The Morgan fingerprint density at radius 1 is 1.17 bits per heavy atom. The zero-order valence-corrected chi connectivity index (χ0v) is 13.5. The fraction of sp³-hybridized carbons (Fsp3) is 0.211. The van der Waals surface area contributed by atoms with Crippen molar-refractivity contribution in [1.82, 2.24) is 20.3 Å². The molecule has 0 aliphatic carbocycles. The van der Waals surface area contributed by atoms with Gasteiger partial charge >= 0.3 is 0 Å². The number of carbonyl (C=O) groups is 1. The number of amides is 1. The topological polar surface area (TPSA) is 70.7 Å². The summed E-state index contributed by atoms with van der Waals surface area (Å²) in [7, 11) is 0. The second-order valence-corrected chi connectivity index (χ2v) is 5.90. The van der Waals surface area contributed by atoms with E-state index in [0.29, 0.717) is 17.9 Å². The molecule has 24 heavy (non-hydrogen) atoms. The summed E-state index contributed by atoms with van der Waals surface area (Å²) < 4.78 is 0. The lowest BCUT2D eigenvalue weighted by Crippen LogP contribution is -2.31. The maximum atomic E-state index is 11.9. The van der Waals surface area contributed by atoms with Gasteiger partial charge in [-0.3, -0.25) is 4.79 Å². The predicted octanol–water partition coefficient (Wildman–Crippen LogP) is 2.99. The van der Waals surface area contributed by atoms with E-state index in [4.69, 9.17) is 0 Å². The Kier molecular flexibility index (Phi) is 3.61. The summed E-state index contributed by atoms with van der Waals surface area (Å²) in [5.41, 5.74) is 5.61. The van der Waals surface area contributed by atoms with Crippen molar-refractivity contribution in [2.75, 3.05) is 6.54 Å². The van der Waals surface area contributed by atoms with Gasteiger partial charge in [0, 0.05) is 30.4 Å². The number of fused-ring (bicyclic) bond motifs is 1. The molecule has 0 radical (unpaired) electrons. The highest BCUT2D eigenvalue weighted by Crippen LogP contribution is 2.24. The molecule has 4 rings (SSSR count). The molecule has 0 saturated heterocycles. The van der Waals surface area contributed by atoms with E-state index in [-0.39, 0.29) is 5.91 Å². The molecule has 2 N–H and O–H groups in total. The van der Waals surface area contributed by atoms with Gasteiger partial charge in [0.15, 0.2) is 5.82 Å². The monoisotopic (exact) mass is 318 g/mol. The van der Waals surface area contributed by atoms with Gasteiger partial charge < -0.3 is 10.3 Å². The van der Waals surface area contributed by atoms with Gasteiger partial charge in [-0.2, -0.15) is 0 Å². The van der Waals surface area contributed by atoms with E-state index in [0.717, 1.165) is 35.5 Å². The minimum Gasteiger partial charge on any atom is -0.356 e. The van der Waals surface area contributed by atoms with Crippen LogP contribution in [0.2, 0.25) is 0 Å². The van der Waals surface area contributed by atoms with Crippen molar-refractivity contribution < 1.29 is 4.79 Å². The van der Waals surface area contributed by atoms with Gasteiger partial charge in [-0.15, -0.1) is 0 Å².